The Balaban J connectivity index is 1.86. The number of amides is 1. The molecule has 0 saturated carbocycles. The van der Waals surface area contributed by atoms with Gasteiger partial charge in [-0.25, -0.2) is 4.79 Å². The first kappa shape index (κ1) is 19.4. The third kappa shape index (κ3) is 4.69. The number of esters is 1. The van der Waals surface area contributed by atoms with E-state index in [1.807, 2.05) is 19.1 Å². The Morgan fingerprint density at radius 2 is 2.04 bits per heavy atom. The molecule has 1 aliphatic heterocycles. The Morgan fingerprint density at radius 3 is 2.70 bits per heavy atom. The van der Waals surface area contributed by atoms with Crippen molar-refractivity contribution in [2.75, 3.05) is 6.61 Å². The highest BCUT2D eigenvalue weighted by molar-refractivity contribution is 14.1. The van der Waals surface area contributed by atoms with Crippen LogP contribution >= 0.6 is 34.4 Å². The van der Waals surface area contributed by atoms with Gasteiger partial charge in [-0.05, 0) is 77.2 Å². The van der Waals surface area contributed by atoms with Crippen molar-refractivity contribution in [1.82, 2.24) is 0 Å². The Kier molecular flexibility index (Phi) is 6.17. The van der Waals surface area contributed by atoms with E-state index in [1.165, 1.54) is 0 Å². The van der Waals surface area contributed by atoms with Crippen LogP contribution in [0.5, 0.6) is 11.5 Å². The molecule has 0 spiro atoms. The quantitative estimate of drug-likeness (QED) is 0.294. The van der Waals surface area contributed by atoms with E-state index in [0.717, 1.165) is 15.3 Å². The maximum Gasteiger partial charge on any atom is 0.344 e. The molecule has 0 bridgehead atoms. The number of carbonyl (C=O) groups is 2. The highest BCUT2D eigenvalue weighted by Crippen LogP contribution is 2.32. The number of nitrogens with zero attached hydrogens (tertiary/aromatic N) is 1. The lowest BCUT2D eigenvalue weighted by molar-refractivity contribution is -0.113. The van der Waals surface area contributed by atoms with Crippen LogP contribution in [-0.2, 0) is 4.79 Å². The van der Waals surface area contributed by atoms with Crippen LogP contribution in [-0.4, -0.2) is 23.7 Å². The van der Waals surface area contributed by atoms with Crippen molar-refractivity contribution in [3.8, 4) is 11.5 Å². The van der Waals surface area contributed by atoms with Gasteiger partial charge < -0.3 is 15.2 Å². The van der Waals surface area contributed by atoms with Gasteiger partial charge in [0.1, 0.15) is 0 Å². The van der Waals surface area contributed by atoms with Gasteiger partial charge in [0.25, 0.3) is 5.91 Å². The number of hydrogen-bond donors (Lipinski definition) is 1. The molecule has 2 N–H and O–H groups in total. The molecule has 2 aromatic rings. The molecule has 138 valence electrons. The molecule has 0 aromatic heterocycles. The summed E-state index contributed by atoms with van der Waals surface area (Å²) < 4.78 is 11.9. The first-order valence-electron chi connectivity index (χ1n) is 7.99. The lowest BCUT2D eigenvalue weighted by atomic mass is 10.1. The molecule has 0 saturated heterocycles. The van der Waals surface area contributed by atoms with Gasteiger partial charge in [0.05, 0.1) is 17.1 Å². The van der Waals surface area contributed by atoms with Gasteiger partial charge >= 0.3 is 5.97 Å². The van der Waals surface area contributed by atoms with Crippen LogP contribution < -0.4 is 15.2 Å². The molecular weight excluding hydrogens is 479 g/mol. The van der Waals surface area contributed by atoms with Gasteiger partial charge in [-0.2, -0.15) is 4.99 Å². The predicted octanol–water partition coefficient (Wildman–Crippen LogP) is 3.84. The van der Waals surface area contributed by atoms with Crippen molar-refractivity contribution < 1.29 is 19.1 Å². The van der Waals surface area contributed by atoms with Crippen LogP contribution in [0.2, 0.25) is 0 Å². The molecule has 1 amide bonds. The number of hydrogen-bond acceptors (Lipinski definition) is 6. The van der Waals surface area contributed by atoms with Crippen LogP contribution in [0.25, 0.3) is 6.08 Å². The maximum absolute atomic E-state index is 12.5. The zero-order valence-corrected chi connectivity index (χ0v) is 17.2. The highest BCUT2D eigenvalue weighted by Gasteiger charge is 2.20. The first-order chi connectivity index (χ1) is 13.0. The third-order valence-electron chi connectivity index (χ3n) is 3.50. The zero-order valence-electron chi connectivity index (χ0n) is 14.3. The summed E-state index contributed by atoms with van der Waals surface area (Å²) in [6.45, 7) is 2.24. The van der Waals surface area contributed by atoms with Crippen LogP contribution in [0.1, 0.15) is 22.8 Å². The minimum Gasteiger partial charge on any atom is -0.490 e. The molecule has 27 heavy (non-hydrogen) atoms. The summed E-state index contributed by atoms with van der Waals surface area (Å²) >= 11 is 3.20. The highest BCUT2D eigenvalue weighted by atomic mass is 127. The lowest BCUT2D eigenvalue weighted by Crippen LogP contribution is -2.11. The number of amidine groups is 1. The number of thioether (sulfide) groups is 1. The van der Waals surface area contributed by atoms with E-state index >= 15 is 0 Å². The number of rotatable bonds is 5. The summed E-state index contributed by atoms with van der Waals surface area (Å²) in [6.07, 6.45) is 1.67. The average Bonchev–Trinajstić information content (AvgIpc) is 2.95. The summed E-state index contributed by atoms with van der Waals surface area (Å²) in [5, 5.41) is 0.222. The van der Waals surface area contributed by atoms with Crippen LogP contribution in [0.15, 0.2) is 52.4 Å². The van der Waals surface area contributed by atoms with Crippen molar-refractivity contribution in [3.05, 3.63) is 62.1 Å². The molecule has 0 aliphatic carbocycles. The number of benzene rings is 2. The van der Waals surface area contributed by atoms with E-state index in [9.17, 15) is 9.59 Å². The van der Waals surface area contributed by atoms with Crippen molar-refractivity contribution in [3.63, 3.8) is 0 Å². The molecule has 6 nitrogen and oxygen atoms in total. The lowest BCUT2D eigenvalue weighted by Gasteiger charge is -2.12. The minimum atomic E-state index is -0.463. The molecule has 8 heteroatoms. The monoisotopic (exact) mass is 494 g/mol. The average molecular weight is 494 g/mol. The summed E-state index contributed by atoms with van der Waals surface area (Å²) in [4.78, 5) is 28.3. The number of nitrogens with two attached hydrogens (primary N) is 1. The van der Waals surface area contributed by atoms with Crippen molar-refractivity contribution >= 4 is 57.5 Å². The van der Waals surface area contributed by atoms with Crippen molar-refractivity contribution in [2.45, 2.75) is 6.92 Å². The normalized spacial score (nSPS) is 15.0. The zero-order chi connectivity index (χ0) is 19.4. The number of aliphatic imine (C=N–C) groups is 1. The van der Waals surface area contributed by atoms with E-state index in [0.29, 0.717) is 34.1 Å². The number of ether oxygens (including phenoxy) is 2. The maximum atomic E-state index is 12.5. The molecule has 0 unspecified atom stereocenters. The summed E-state index contributed by atoms with van der Waals surface area (Å²) in [6, 6.07) is 12.2. The van der Waals surface area contributed by atoms with Crippen molar-refractivity contribution in [1.29, 1.82) is 0 Å². The molecule has 2 aromatic carbocycles. The third-order valence-corrected chi connectivity index (χ3v) is 5.25. The van der Waals surface area contributed by atoms with Crippen LogP contribution in [0, 0.1) is 3.57 Å². The van der Waals surface area contributed by atoms with Crippen LogP contribution in [0.3, 0.4) is 0 Å². The molecule has 1 aliphatic rings. The fourth-order valence-corrected chi connectivity index (χ4v) is 3.61. The Hall–Kier alpha value is -2.33. The second kappa shape index (κ2) is 8.57. The molecule has 3 rings (SSSR count). The summed E-state index contributed by atoms with van der Waals surface area (Å²) in [7, 11) is 0. The molecular formula is C19H15IN2O4S. The SMILES string of the molecule is CCOc1cc(C=C2SC(N)=NC2=O)ccc1OC(=O)c1ccccc1I. The van der Waals surface area contributed by atoms with Crippen molar-refractivity contribution in [2.24, 2.45) is 10.7 Å². The predicted molar refractivity (Wildman–Crippen MR) is 114 cm³/mol. The van der Waals surface area contributed by atoms with Gasteiger partial charge in [-0.1, -0.05) is 18.2 Å². The summed E-state index contributed by atoms with van der Waals surface area (Å²) in [5.74, 6) is -0.111. The number of carbonyl (C=O) groups excluding carboxylic acids is 2. The standard InChI is InChI=1S/C19H15IN2O4S/c1-2-25-15-9-11(10-16-17(23)22-19(21)27-16)7-8-14(15)26-18(24)12-5-3-4-6-13(12)20/h3-10H,2H2,1H3,(H2,21,22,23). The Bertz CT molecular complexity index is 972. The van der Waals surface area contributed by atoms with Gasteiger partial charge in [-0.3, -0.25) is 4.79 Å². The van der Waals surface area contributed by atoms with E-state index < -0.39 is 5.97 Å². The van der Waals surface area contributed by atoms with E-state index in [1.54, 1.807) is 36.4 Å². The van der Waals surface area contributed by atoms with Crippen LogP contribution in [0.4, 0.5) is 0 Å². The fourth-order valence-electron chi connectivity index (χ4n) is 2.33. The molecule has 1 heterocycles. The smallest absolute Gasteiger partial charge is 0.344 e. The second-order valence-corrected chi connectivity index (χ2v) is 7.60. The minimum absolute atomic E-state index is 0.222. The number of halogens is 1. The van der Waals surface area contributed by atoms with E-state index in [-0.39, 0.29) is 11.1 Å². The largest absolute Gasteiger partial charge is 0.490 e. The van der Waals surface area contributed by atoms with Gasteiger partial charge in [0.15, 0.2) is 16.7 Å². The topological polar surface area (TPSA) is 91.0 Å². The Labute approximate surface area is 174 Å². The Morgan fingerprint density at radius 1 is 1.26 bits per heavy atom. The molecule has 0 radical (unpaired) electrons. The van der Waals surface area contributed by atoms with Gasteiger partial charge in [0, 0.05) is 3.57 Å². The first-order valence-corrected chi connectivity index (χ1v) is 9.89. The van der Waals surface area contributed by atoms with E-state index in [2.05, 4.69) is 27.6 Å². The molecule has 0 fully saturated rings. The van der Waals surface area contributed by atoms with E-state index in [4.69, 9.17) is 15.2 Å². The summed E-state index contributed by atoms with van der Waals surface area (Å²) in [5.41, 5.74) is 6.76. The van der Waals surface area contributed by atoms with Gasteiger partial charge in [-0.15, -0.1) is 0 Å². The fraction of sp³-hybridized carbons (Fsp3) is 0.105. The second-order valence-electron chi connectivity index (χ2n) is 5.37. The van der Waals surface area contributed by atoms with Gasteiger partial charge in [0.2, 0.25) is 0 Å². The molecule has 0 atom stereocenters.